The summed E-state index contributed by atoms with van der Waals surface area (Å²) in [7, 11) is -3.76. The highest BCUT2D eigenvalue weighted by Gasteiger charge is 2.21. The minimum absolute atomic E-state index is 0.0479. The Morgan fingerprint density at radius 3 is 2.17 bits per heavy atom. The maximum atomic E-state index is 12.5. The van der Waals surface area contributed by atoms with Gasteiger partial charge < -0.3 is 15.5 Å². The van der Waals surface area contributed by atoms with Crippen LogP contribution in [0.3, 0.4) is 0 Å². The van der Waals surface area contributed by atoms with Crippen molar-refractivity contribution in [2.24, 2.45) is 0 Å². The van der Waals surface area contributed by atoms with Crippen LogP contribution in [0.4, 0.5) is 17.1 Å². The molecular weight excluding hydrogens is 468 g/mol. The van der Waals surface area contributed by atoms with E-state index in [1.54, 1.807) is 59.5 Å². The normalized spacial score (nSPS) is 13.4. The van der Waals surface area contributed by atoms with Gasteiger partial charge in [0.05, 0.1) is 11.4 Å². The summed E-state index contributed by atoms with van der Waals surface area (Å²) in [6.07, 6.45) is 1.35. The van der Waals surface area contributed by atoms with Crippen LogP contribution in [-0.4, -0.2) is 39.2 Å². The Labute approximate surface area is 203 Å². The quantitative estimate of drug-likeness (QED) is 0.446. The van der Waals surface area contributed by atoms with Crippen LogP contribution in [0.5, 0.6) is 0 Å². The number of rotatable bonds is 8. The summed E-state index contributed by atoms with van der Waals surface area (Å²) in [5, 5.41) is 5.16. The molecule has 0 saturated carbocycles. The molecule has 0 atom stereocenters. The van der Waals surface area contributed by atoms with Crippen molar-refractivity contribution in [2.75, 3.05) is 28.0 Å². The van der Waals surface area contributed by atoms with E-state index in [-0.39, 0.29) is 17.3 Å². The van der Waals surface area contributed by atoms with Crippen molar-refractivity contribution in [2.45, 2.75) is 17.7 Å². The zero-order valence-corrected chi connectivity index (χ0v) is 19.5. The van der Waals surface area contributed by atoms with Crippen molar-refractivity contribution in [1.29, 1.82) is 0 Å². The van der Waals surface area contributed by atoms with Crippen LogP contribution in [0.15, 0.2) is 83.8 Å². The Balaban J connectivity index is 1.28. The molecule has 1 saturated heterocycles. The van der Waals surface area contributed by atoms with Gasteiger partial charge in [-0.05, 0) is 67.1 Å². The second kappa shape index (κ2) is 10.4. The van der Waals surface area contributed by atoms with Gasteiger partial charge in [0.25, 0.3) is 15.9 Å². The Bertz CT molecular complexity index is 1320. The van der Waals surface area contributed by atoms with Crippen LogP contribution in [-0.2, 0) is 19.6 Å². The highest BCUT2D eigenvalue weighted by atomic mass is 32.2. The van der Waals surface area contributed by atoms with Crippen LogP contribution >= 0.6 is 0 Å². The van der Waals surface area contributed by atoms with E-state index in [0.717, 1.165) is 12.1 Å². The van der Waals surface area contributed by atoms with E-state index < -0.39 is 21.8 Å². The first kappa shape index (κ1) is 24.0. The molecule has 1 fully saturated rings. The van der Waals surface area contributed by atoms with E-state index in [9.17, 15) is 22.8 Å². The van der Waals surface area contributed by atoms with E-state index in [2.05, 4.69) is 15.4 Å². The molecule has 3 amide bonds. The minimum Gasteiger partial charge on any atom is -0.343 e. The highest BCUT2D eigenvalue weighted by molar-refractivity contribution is 7.92. The Hall–Kier alpha value is -4.18. The van der Waals surface area contributed by atoms with Gasteiger partial charge in [-0.2, -0.15) is 0 Å². The first-order chi connectivity index (χ1) is 16.8. The number of carbonyl (C=O) groups is 3. The number of anilines is 3. The molecule has 35 heavy (non-hydrogen) atoms. The van der Waals surface area contributed by atoms with Gasteiger partial charge >= 0.3 is 0 Å². The van der Waals surface area contributed by atoms with Crippen LogP contribution in [0.25, 0.3) is 0 Å². The molecule has 10 heteroatoms. The Morgan fingerprint density at radius 2 is 1.54 bits per heavy atom. The summed E-state index contributed by atoms with van der Waals surface area (Å²) in [6.45, 7) is 0.405. The fourth-order valence-corrected chi connectivity index (χ4v) is 4.68. The standard InChI is InChI=1S/C25H24N4O5S/c30-23(17-26-25(32)18-8-12-21(13-9-18)29-16-4-7-24(29)31)27-19-10-14-22(15-11-19)35(33,34)28-20-5-2-1-3-6-20/h1-3,5-6,8-15,28H,4,7,16-17H2,(H,26,32)(H,27,30). The summed E-state index contributed by atoms with van der Waals surface area (Å²) in [4.78, 5) is 38.2. The van der Waals surface area contributed by atoms with Gasteiger partial charge in [-0.15, -0.1) is 0 Å². The molecule has 3 aromatic rings. The zero-order chi connectivity index (χ0) is 24.8. The molecule has 1 heterocycles. The summed E-state index contributed by atoms with van der Waals surface area (Å²) in [5.74, 6) is -0.819. The molecular formula is C25H24N4O5S. The van der Waals surface area contributed by atoms with Crippen molar-refractivity contribution in [3.8, 4) is 0 Å². The summed E-state index contributed by atoms with van der Waals surface area (Å²) < 4.78 is 27.5. The zero-order valence-electron chi connectivity index (χ0n) is 18.7. The summed E-state index contributed by atoms with van der Waals surface area (Å²) in [6, 6.07) is 20.9. The van der Waals surface area contributed by atoms with Crippen LogP contribution in [0.2, 0.25) is 0 Å². The van der Waals surface area contributed by atoms with Crippen LogP contribution in [0.1, 0.15) is 23.2 Å². The number of nitrogens with zero attached hydrogens (tertiary/aromatic N) is 1. The lowest BCUT2D eigenvalue weighted by atomic mass is 10.2. The lowest BCUT2D eigenvalue weighted by Gasteiger charge is -2.15. The molecule has 0 radical (unpaired) electrons. The van der Waals surface area contributed by atoms with E-state index in [4.69, 9.17) is 0 Å². The first-order valence-corrected chi connectivity index (χ1v) is 12.5. The molecule has 0 aliphatic carbocycles. The Kier molecular flexibility index (Phi) is 7.11. The maximum Gasteiger partial charge on any atom is 0.261 e. The molecule has 1 aliphatic heterocycles. The van der Waals surface area contributed by atoms with Crippen LogP contribution in [0, 0.1) is 0 Å². The number of hydrogen-bond donors (Lipinski definition) is 3. The predicted molar refractivity (Wildman–Crippen MR) is 133 cm³/mol. The third kappa shape index (κ3) is 6.04. The molecule has 0 bridgehead atoms. The molecule has 3 N–H and O–H groups in total. The molecule has 3 aromatic carbocycles. The van der Waals surface area contributed by atoms with Crippen molar-refractivity contribution in [1.82, 2.24) is 5.32 Å². The number of nitrogens with one attached hydrogen (secondary N) is 3. The number of amides is 3. The van der Waals surface area contributed by atoms with Gasteiger partial charge in [-0.3, -0.25) is 19.1 Å². The van der Waals surface area contributed by atoms with Gasteiger partial charge in [0.1, 0.15) is 0 Å². The van der Waals surface area contributed by atoms with E-state index in [1.165, 1.54) is 24.3 Å². The van der Waals surface area contributed by atoms with Gasteiger partial charge in [-0.25, -0.2) is 8.42 Å². The lowest BCUT2D eigenvalue weighted by Crippen LogP contribution is -2.32. The smallest absolute Gasteiger partial charge is 0.261 e. The second-order valence-electron chi connectivity index (χ2n) is 7.92. The van der Waals surface area contributed by atoms with Crippen molar-refractivity contribution in [3.05, 3.63) is 84.4 Å². The number of para-hydroxylation sites is 1. The molecule has 1 aliphatic rings. The third-order valence-corrected chi connectivity index (χ3v) is 6.80. The molecule has 0 unspecified atom stereocenters. The number of benzene rings is 3. The average Bonchev–Trinajstić information content (AvgIpc) is 3.29. The van der Waals surface area contributed by atoms with Gasteiger partial charge in [-0.1, -0.05) is 18.2 Å². The van der Waals surface area contributed by atoms with Gasteiger partial charge in [0, 0.05) is 35.6 Å². The Morgan fingerprint density at radius 1 is 0.857 bits per heavy atom. The number of carbonyl (C=O) groups excluding carboxylic acids is 3. The lowest BCUT2D eigenvalue weighted by molar-refractivity contribution is -0.117. The third-order valence-electron chi connectivity index (χ3n) is 5.40. The highest BCUT2D eigenvalue weighted by Crippen LogP contribution is 2.22. The topological polar surface area (TPSA) is 125 Å². The van der Waals surface area contributed by atoms with Crippen molar-refractivity contribution < 1.29 is 22.8 Å². The van der Waals surface area contributed by atoms with Crippen LogP contribution < -0.4 is 20.3 Å². The molecule has 9 nitrogen and oxygen atoms in total. The monoisotopic (exact) mass is 492 g/mol. The van der Waals surface area contributed by atoms with Crippen molar-refractivity contribution >= 4 is 44.8 Å². The minimum atomic E-state index is -3.76. The van der Waals surface area contributed by atoms with Crippen molar-refractivity contribution in [3.63, 3.8) is 0 Å². The van der Waals surface area contributed by atoms with E-state index >= 15 is 0 Å². The van der Waals surface area contributed by atoms with Gasteiger partial charge in [0.2, 0.25) is 11.8 Å². The fourth-order valence-electron chi connectivity index (χ4n) is 3.62. The molecule has 4 rings (SSSR count). The molecule has 0 aromatic heterocycles. The average molecular weight is 493 g/mol. The number of hydrogen-bond acceptors (Lipinski definition) is 5. The number of sulfonamides is 1. The first-order valence-electron chi connectivity index (χ1n) is 11.0. The maximum absolute atomic E-state index is 12.5. The van der Waals surface area contributed by atoms with E-state index in [1.807, 2.05) is 0 Å². The van der Waals surface area contributed by atoms with Gasteiger partial charge in [0.15, 0.2) is 0 Å². The summed E-state index contributed by atoms with van der Waals surface area (Å²) >= 11 is 0. The molecule has 0 spiro atoms. The fraction of sp³-hybridized carbons (Fsp3) is 0.160. The largest absolute Gasteiger partial charge is 0.343 e. The summed E-state index contributed by atoms with van der Waals surface area (Å²) in [5.41, 5.74) is 1.95. The predicted octanol–water partition coefficient (Wildman–Crippen LogP) is 2.98. The second-order valence-corrected chi connectivity index (χ2v) is 9.60. The van der Waals surface area contributed by atoms with E-state index in [0.29, 0.717) is 29.9 Å². The molecule has 180 valence electrons. The SMILES string of the molecule is O=C(CNC(=O)c1ccc(N2CCCC2=O)cc1)Nc1ccc(S(=O)(=O)Nc2ccccc2)cc1.